The highest BCUT2D eigenvalue weighted by molar-refractivity contribution is 5.81. The Morgan fingerprint density at radius 1 is 1.53 bits per heavy atom. The smallest absolute Gasteiger partial charge is 0.306 e. The van der Waals surface area contributed by atoms with Crippen molar-refractivity contribution in [3.8, 4) is 0 Å². The van der Waals surface area contributed by atoms with Crippen molar-refractivity contribution in [3.05, 3.63) is 18.0 Å². The number of nitrogens with one attached hydrogen (secondary N) is 2. The average Bonchev–Trinajstić information content (AvgIpc) is 2.80. The van der Waals surface area contributed by atoms with E-state index in [4.69, 9.17) is 4.74 Å². The topological polar surface area (TPSA) is 84.1 Å². The van der Waals surface area contributed by atoms with Gasteiger partial charge in [0.15, 0.2) is 0 Å². The summed E-state index contributed by atoms with van der Waals surface area (Å²) in [6, 6.07) is -0.122. The number of carbonyl (C=O) groups excluding carboxylic acids is 2. The Morgan fingerprint density at radius 3 is 2.88 bits per heavy atom. The Morgan fingerprint density at radius 2 is 2.29 bits per heavy atom. The Labute approximate surface area is 99.7 Å². The van der Waals surface area contributed by atoms with Crippen molar-refractivity contribution < 1.29 is 14.3 Å². The van der Waals surface area contributed by atoms with Gasteiger partial charge < -0.3 is 10.1 Å². The largest absolute Gasteiger partial charge is 0.466 e. The van der Waals surface area contributed by atoms with Crippen LogP contribution in [0.15, 0.2) is 12.4 Å². The van der Waals surface area contributed by atoms with E-state index in [0.717, 1.165) is 5.56 Å². The minimum absolute atomic E-state index is 0.109. The molecule has 6 heteroatoms. The van der Waals surface area contributed by atoms with Gasteiger partial charge in [-0.1, -0.05) is 0 Å². The SMILES string of the molecule is CCOC(=O)CCC(=O)NC(C)c1cn[nH]c1. The molecule has 0 radical (unpaired) electrons. The molecule has 0 aromatic carbocycles. The molecule has 17 heavy (non-hydrogen) atoms. The van der Waals surface area contributed by atoms with Gasteiger partial charge >= 0.3 is 5.97 Å². The summed E-state index contributed by atoms with van der Waals surface area (Å²) in [5.41, 5.74) is 0.898. The van der Waals surface area contributed by atoms with Gasteiger partial charge in [0.05, 0.1) is 25.3 Å². The molecule has 2 N–H and O–H groups in total. The van der Waals surface area contributed by atoms with Gasteiger partial charge in [0.2, 0.25) is 5.91 Å². The molecule has 1 amide bonds. The molecule has 1 heterocycles. The standard InChI is InChI=1S/C11H17N3O3/c1-3-17-11(16)5-4-10(15)14-8(2)9-6-12-13-7-9/h6-8H,3-5H2,1-2H3,(H,12,13)(H,14,15). The lowest BCUT2D eigenvalue weighted by molar-refractivity contribution is -0.144. The molecular weight excluding hydrogens is 222 g/mol. The molecule has 0 fully saturated rings. The van der Waals surface area contributed by atoms with E-state index in [2.05, 4.69) is 15.5 Å². The van der Waals surface area contributed by atoms with Gasteiger partial charge in [0.1, 0.15) is 0 Å². The third-order valence-electron chi connectivity index (χ3n) is 2.26. The monoisotopic (exact) mass is 239 g/mol. The Balaban J connectivity index is 2.28. The summed E-state index contributed by atoms with van der Waals surface area (Å²) in [6.45, 7) is 3.93. The zero-order chi connectivity index (χ0) is 12.7. The van der Waals surface area contributed by atoms with Crippen LogP contribution in [0, 0.1) is 0 Å². The van der Waals surface area contributed by atoms with Crippen LogP contribution in [0.1, 0.15) is 38.3 Å². The summed E-state index contributed by atoms with van der Waals surface area (Å²) >= 11 is 0. The van der Waals surface area contributed by atoms with Crippen LogP contribution in [0.2, 0.25) is 0 Å². The first-order chi connectivity index (χ1) is 8.13. The van der Waals surface area contributed by atoms with Crippen molar-refractivity contribution >= 4 is 11.9 Å². The van der Waals surface area contributed by atoms with Gasteiger partial charge in [-0.25, -0.2) is 0 Å². The number of aromatic amines is 1. The third-order valence-corrected chi connectivity index (χ3v) is 2.26. The fourth-order valence-corrected chi connectivity index (χ4v) is 1.34. The van der Waals surface area contributed by atoms with Crippen LogP contribution < -0.4 is 5.32 Å². The van der Waals surface area contributed by atoms with Gasteiger partial charge in [-0.15, -0.1) is 0 Å². The number of amides is 1. The van der Waals surface area contributed by atoms with E-state index < -0.39 is 0 Å². The maximum Gasteiger partial charge on any atom is 0.306 e. The average molecular weight is 239 g/mol. The van der Waals surface area contributed by atoms with Gasteiger partial charge in [-0.2, -0.15) is 5.10 Å². The molecule has 0 saturated heterocycles. The van der Waals surface area contributed by atoms with Crippen LogP contribution in [-0.2, 0) is 14.3 Å². The molecule has 1 rings (SSSR count). The zero-order valence-electron chi connectivity index (χ0n) is 10.0. The zero-order valence-corrected chi connectivity index (χ0v) is 10.0. The Hall–Kier alpha value is -1.85. The maximum atomic E-state index is 11.5. The molecule has 0 saturated carbocycles. The quantitative estimate of drug-likeness (QED) is 0.723. The van der Waals surface area contributed by atoms with E-state index in [1.165, 1.54) is 0 Å². The van der Waals surface area contributed by atoms with E-state index in [1.54, 1.807) is 19.3 Å². The molecule has 1 unspecified atom stereocenters. The van der Waals surface area contributed by atoms with E-state index in [9.17, 15) is 9.59 Å². The summed E-state index contributed by atoms with van der Waals surface area (Å²) in [6.07, 6.45) is 3.62. The Kier molecular flexibility index (Phi) is 5.19. The van der Waals surface area contributed by atoms with Crippen molar-refractivity contribution in [1.29, 1.82) is 0 Å². The number of aromatic nitrogens is 2. The molecule has 1 aromatic rings. The number of H-pyrrole nitrogens is 1. The lowest BCUT2D eigenvalue weighted by Crippen LogP contribution is -2.26. The summed E-state index contributed by atoms with van der Waals surface area (Å²) in [5.74, 6) is -0.523. The summed E-state index contributed by atoms with van der Waals surface area (Å²) < 4.78 is 4.74. The molecule has 0 spiro atoms. The first kappa shape index (κ1) is 13.2. The first-order valence-corrected chi connectivity index (χ1v) is 5.57. The van der Waals surface area contributed by atoms with Gasteiger partial charge in [0, 0.05) is 18.2 Å². The number of ether oxygens (including phenoxy) is 1. The number of hydrogen-bond donors (Lipinski definition) is 2. The fraction of sp³-hybridized carbons (Fsp3) is 0.545. The van der Waals surface area contributed by atoms with Gasteiger partial charge in [0.25, 0.3) is 0 Å². The number of esters is 1. The lowest BCUT2D eigenvalue weighted by Gasteiger charge is -2.11. The van der Waals surface area contributed by atoms with Gasteiger partial charge in [-0.05, 0) is 13.8 Å². The fourth-order valence-electron chi connectivity index (χ4n) is 1.34. The lowest BCUT2D eigenvalue weighted by atomic mass is 10.2. The number of hydrogen-bond acceptors (Lipinski definition) is 4. The van der Waals surface area contributed by atoms with Crippen LogP contribution >= 0.6 is 0 Å². The van der Waals surface area contributed by atoms with Crippen LogP contribution in [0.4, 0.5) is 0 Å². The van der Waals surface area contributed by atoms with Crippen molar-refractivity contribution in [3.63, 3.8) is 0 Å². The van der Waals surface area contributed by atoms with Crippen molar-refractivity contribution in [2.45, 2.75) is 32.7 Å². The molecule has 1 aromatic heterocycles. The molecular formula is C11H17N3O3. The second-order valence-corrected chi connectivity index (χ2v) is 3.63. The molecule has 0 bridgehead atoms. The minimum Gasteiger partial charge on any atom is -0.466 e. The van der Waals surface area contributed by atoms with Crippen LogP contribution in [0.25, 0.3) is 0 Å². The second-order valence-electron chi connectivity index (χ2n) is 3.63. The highest BCUT2D eigenvalue weighted by Crippen LogP contribution is 2.09. The highest BCUT2D eigenvalue weighted by atomic mass is 16.5. The maximum absolute atomic E-state index is 11.5. The molecule has 0 aliphatic rings. The van der Waals surface area contributed by atoms with E-state index in [-0.39, 0.29) is 30.8 Å². The van der Waals surface area contributed by atoms with Crippen LogP contribution in [-0.4, -0.2) is 28.7 Å². The second kappa shape index (κ2) is 6.67. The number of nitrogens with zero attached hydrogens (tertiary/aromatic N) is 1. The van der Waals surface area contributed by atoms with E-state index in [1.807, 2.05) is 6.92 Å². The van der Waals surface area contributed by atoms with Crippen molar-refractivity contribution in [2.24, 2.45) is 0 Å². The summed E-state index contributed by atoms with van der Waals surface area (Å²) in [4.78, 5) is 22.6. The number of carbonyl (C=O) groups is 2. The molecule has 0 aliphatic heterocycles. The van der Waals surface area contributed by atoms with E-state index in [0.29, 0.717) is 6.61 Å². The molecule has 0 aliphatic carbocycles. The highest BCUT2D eigenvalue weighted by Gasteiger charge is 2.12. The third kappa shape index (κ3) is 4.67. The summed E-state index contributed by atoms with van der Waals surface area (Å²) in [5, 5.41) is 9.25. The predicted molar refractivity (Wildman–Crippen MR) is 61.0 cm³/mol. The van der Waals surface area contributed by atoms with Gasteiger partial charge in [-0.3, -0.25) is 14.7 Å². The summed E-state index contributed by atoms with van der Waals surface area (Å²) in [7, 11) is 0. The first-order valence-electron chi connectivity index (χ1n) is 5.57. The molecule has 1 atom stereocenters. The molecule has 94 valence electrons. The molecule has 6 nitrogen and oxygen atoms in total. The van der Waals surface area contributed by atoms with Crippen molar-refractivity contribution in [1.82, 2.24) is 15.5 Å². The Bertz CT molecular complexity index is 362. The van der Waals surface area contributed by atoms with E-state index >= 15 is 0 Å². The van der Waals surface area contributed by atoms with Crippen LogP contribution in [0.3, 0.4) is 0 Å². The van der Waals surface area contributed by atoms with Crippen molar-refractivity contribution in [2.75, 3.05) is 6.61 Å². The minimum atomic E-state index is -0.349. The van der Waals surface area contributed by atoms with Crippen LogP contribution in [0.5, 0.6) is 0 Å². The predicted octanol–water partition coefficient (Wildman–Crippen LogP) is 0.930. The normalized spacial score (nSPS) is 11.9. The number of rotatable bonds is 6.